The van der Waals surface area contributed by atoms with E-state index in [2.05, 4.69) is 10.6 Å². The minimum atomic E-state index is -1.64. The van der Waals surface area contributed by atoms with E-state index in [0.717, 1.165) is 12.1 Å². The Labute approximate surface area is 136 Å². The number of methoxy groups -OCH3 is 2. The third kappa shape index (κ3) is 3.89. The van der Waals surface area contributed by atoms with Crippen molar-refractivity contribution in [2.75, 3.05) is 31.4 Å². The predicted octanol–water partition coefficient (Wildman–Crippen LogP) is 3.17. The van der Waals surface area contributed by atoms with Gasteiger partial charge in [-0.3, -0.25) is 4.79 Å². The molecule has 24 heavy (non-hydrogen) atoms. The van der Waals surface area contributed by atoms with Crippen LogP contribution in [0.15, 0.2) is 30.3 Å². The second-order valence-electron chi connectivity index (χ2n) is 4.69. The third-order valence-electron chi connectivity index (χ3n) is 3.16. The summed E-state index contributed by atoms with van der Waals surface area (Å²) in [4.78, 5) is 11.9. The van der Waals surface area contributed by atoms with Crippen LogP contribution in [0.2, 0.25) is 0 Å². The Bertz CT molecular complexity index is 754. The SMILES string of the molecule is COc1ccc(OC)c(NCC(=O)Nc2ccc(F)c(F)c2F)c1. The summed E-state index contributed by atoms with van der Waals surface area (Å²) in [5, 5.41) is 4.96. The number of anilines is 2. The molecule has 0 spiro atoms. The molecule has 2 N–H and O–H groups in total. The standard InChI is InChI=1S/C16H15F3N2O3/c1-23-9-3-6-13(24-2)12(7-9)20-8-14(22)21-11-5-4-10(17)15(18)16(11)19/h3-7,20H,8H2,1-2H3,(H,21,22). The van der Waals surface area contributed by atoms with Crippen molar-refractivity contribution in [1.29, 1.82) is 0 Å². The minimum absolute atomic E-state index is 0.248. The molecule has 5 nitrogen and oxygen atoms in total. The molecule has 2 rings (SSSR count). The van der Waals surface area contributed by atoms with Gasteiger partial charge in [0.25, 0.3) is 0 Å². The number of halogens is 3. The Balaban J connectivity index is 2.05. The molecule has 0 atom stereocenters. The fourth-order valence-corrected chi connectivity index (χ4v) is 1.94. The second-order valence-corrected chi connectivity index (χ2v) is 4.69. The lowest BCUT2D eigenvalue weighted by atomic mass is 10.2. The molecule has 0 saturated carbocycles. The largest absolute Gasteiger partial charge is 0.497 e. The molecule has 0 fully saturated rings. The normalized spacial score (nSPS) is 10.2. The van der Waals surface area contributed by atoms with Gasteiger partial charge < -0.3 is 20.1 Å². The lowest BCUT2D eigenvalue weighted by molar-refractivity contribution is -0.114. The summed E-state index contributed by atoms with van der Waals surface area (Å²) in [7, 11) is 2.95. The topological polar surface area (TPSA) is 59.6 Å². The van der Waals surface area contributed by atoms with Crippen molar-refractivity contribution in [3.05, 3.63) is 47.8 Å². The zero-order valence-corrected chi connectivity index (χ0v) is 13.0. The van der Waals surface area contributed by atoms with E-state index in [0.29, 0.717) is 17.2 Å². The van der Waals surface area contributed by atoms with E-state index in [1.165, 1.54) is 14.2 Å². The van der Waals surface area contributed by atoms with Crippen molar-refractivity contribution in [1.82, 2.24) is 0 Å². The number of amides is 1. The van der Waals surface area contributed by atoms with Gasteiger partial charge in [-0.15, -0.1) is 0 Å². The van der Waals surface area contributed by atoms with Gasteiger partial charge in [-0.1, -0.05) is 0 Å². The molecular weight excluding hydrogens is 325 g/mol. The monoisotopic (exact) mass is 340 g/mol. The summed E-state index contributed by atoms with van der Waals surface area (Å²) in [5.41, 5.74) is 0.0380. The van der Waals surface area contributed by atoms with Crippen molar-refractivity contribution in [3.8, 4) is 11.5 Å². The molecule has 0 unspecified atom stereocenters. The zero-order chi connectivity index (χ0) is 17.7. The van der Waals surface area contributed by atoms with E-state index in [9.17, 15) is 18.0 Å². The Morgan fingerprint density at radius 2 is 1.75 bits per heavy atom. The highest BCUT2D eigenvalue weighted by Gasteiger charge is 2.15. The zero-order valence-electron chi connectivity index (χ0n) is 13.0. The van der Waals surface area contributed by atoms with E-state index < -0.39 is 29.0 Å². The molecule has 0 bridgehead atoms. The van der Waals surface area contributed by atoms with Gasteiger partial charge in [-0.05, 0) is 24.3 Å². The molecule has 1 amide bonds. The van der Waals surface area contributed by atoms with E-state index in [1.807, 2.05) is 0 Å². The van der Waals surface area contributed by atoms with Gasteiger partial charge in [-0.2, -0.15) is 0 Å². The molecule has 0 saturated heterocycles. The lowest BCUT2D eigenvalue weighted by Gasteiger charge is -2.13. The first kappa shape index (κ1) is 17.5. The summed E-state index contributed by atoms with van der Waals surface area (Å²) in [6, 6.07) is 6.61. The van der Waals surface area contributed by atoms with Gasteiger partial charge in [-0.25, -0.2) is 13.2 Å². The number of carbonyl (C=O) groups is 1. The van der Waals surface area contributed by atoms with Crippen LogP contribution in [-0.4, -0.2) is 26.7 Å². The van der Waals surface area contributed by atoms with Crippen LogP contribution in [0.1, 0.15) is 0 Å². The first-order chi connectivity index (χ1) is 11.5. The lowest BCUT2D eigenvalue weighted by Crippen LogP contribution is -2.22. The fraction of sp³-hybridized carbons (Fsp3) is 0.188. The smallest absolute Gasteiger partial charge is 0.243 e. The molecule has 2 aromatic rings. The molecule has 128 valence electrons. The van der Waals surface area contributed by atoms with Crippen LogP contribution in [0.5, 0.6) is 11.5 Å². The van der Waals surface area contributed by atoms with E-state index >= 15 is 0 Å². The Morgan fingerprint density at radius 1 is 1.00 bits per heavy atom. The maximum absolute atomic E-state index is 13.5. The molecule has 0 aliphatic carbocycles. The number of nitrogens with one attached hydrogen (secondary N) is 2. The number of carbonyl (C=O) groups excluding carboxylic acids is 1. The third-order valence-corrected chi connectivity index (χ3v) is 3.16. The van der Waals surface area contributed by atoms with Crippen LogP contribution in [0, 0.1) is 17.5 Å². The maximum Gasteiger partial charge on any atom is 0.243 e. The first-order valence-corrected chi connectivity index (χ1v) is 6.85. The highest BCUT2D eigenvalue weighted by atomic mass is 19.2. The average molecular weight is 340 g/mol. The number of benzene rings is 2. The summed E-state index contributed by atoms with van der Waals surface area (Å²) in [5.74, 6) is -4.06. The Morgan fingerprint density at radius 3 is 2.42 bits per heavy atom. The van der Waals surface area contributed by atoms with Crippen LogP contribution in [-0.2, 0) is 4.79 Å². The van der Waals surface area contributed by atoms with Gasteiger partial charge in [0.2, 0.25) is 5.91 Å². The average Bonchev–Trinajstić information content (AvgIpc) is 2.60. The van der Waals surface area contributed by atoms with E-state index in [1.54, 1.807) is 18.2 Å². The molecule has 0 heterocycles. The minimum Gasteiger partial charge on any atom is -0.497 e. The molecule has 8 heteroatoms. The van der Waals surface area contributed by atoms with Crippen LogP contribution in [0.3, 0.4) is 0 Å². The highest BCUT2D eigenvalue weighted by Crippen LogP contribution is 2.28. The van der Waals surface area contributed by atoms with Crippen molar-refractivity contribution in [3.63, 3.8) is 0 Å². The predicted molar refractivity (Wildman–Crippen MR) is 83.0 cm³/mol. The maximum atomic E-state index is 13.5. The quantitative estimate of drug-likeness (QED) is 0.793. The van der Waals surface area contributed by atoms with Gasteiger partial charge in [0.1, 0.15) is 11.5 Å². The molecule has 0 aliphatic heterocycles. The highest BCUT2D eigenvalue weighted by molar-refractivity contribution is 5.94. The molecular formula is C16H15F3N2O3. The van der Waals surface area contributed by atoms with Crippen molar-refractivity contribution >= 4 is 17.3 Å². The molecule has 0 aliphatic rings. The molecule has 0 radical (unpaired) electrons. The van der Waals surface area contributed by atoms with Crippen molar-refractivity contribution < 1.29 is 27.4 Å². The second kappa shape index (κ2) is 7.58. The van der Waals surface area contributed by atoms with E-state index in [4.69, 9.17) is 9.47 Å². The number of hydrogen-bond donors (Lipinski definition) is 2. The van der Waals surface area contributed by atoms with Gasteiger partial charge in [0.15, 0.2) is 17.5 Å². The van der Waals surface area contributed by atoms with Gasteiger partial charge >= 0.3 is 0 Å². The number of rotatable bonds is 6. The summed E-state index contributed by atoms with van der Waals surface area (Å²) < 4.78 is 49.7. The van der Waals surface area contributed by atoms with E-state index in [-0.39, 0.29) is 6.54 Å². The van der Waals surface area contributed by atoms with Crippen LogP contribution in [0.25, 0.3) is 0 Å². The van der Waals surface area contributed by atoms with Gasteiger partial charge in [0, 0.05) is 6.07 Å². The van der Waals surface area contributed by atoms with Gasteiger partial charge in [0.05, 0.1) is 32.1 Å². The first-order valence-electron chi connectivity index (χ1n) is 6.85. The summed E-state index contributed by atoms with van der Waals surface area (Å²) >= 11 is 0. The Hall–Kier alpha value is -2.90. The number of ether oxygens (including phenoxy) is 2. The molecule has 2 aromatic carbocycles. The molecule has 0 aromatic heterocycles. The summed E-state index contributed by atoms with van der Waals surface area (Å²) in [6.45, 7) is -0.248. The number of hydrogen-bond acceptors (Lipinski definition) is 4. The van der Waals surface area contributed by atoms with Crippen LogP contribution < -0.4 is 20.1 Å². The summed E-state index contributed by atoms with van der Waals surface area (Å²) in [6.07, 6.45) is 0. The van der Waals surface area contributed by atoms with Crippen molar-refractivity contribution in [2.45, 2.75) is 0 Å². The van der Waals surface area contributed by atoms with Crippen molar-refractivity contribution in [2.24, 2.45) is 0 Å². The van der Waals surface area contributed by atoms with Crippen LogP contribution in [0.4, 0.5) is 24.5 Å². The Kier molecular flexibility index (Phi) is 5.51. The fourth-order valence-electron chi connectivity index (χ4n) is 1.94. The van der Waals surface area contributed by atoms with Crippen LogP contribution >= 0.6 is 0 Å².